The zero-order chi connectivity index (χ0) is 12.4. The molecule has 1 N–H and O–H groups in total. The van der Waals surface area contributed by atoms with Gasteiger partial charge in [0.25, 0.3) is 0 Å². The van der Waals surface area contributed by atoms with Crippen LogP contribution in [0.4, 0.5) is 0 Å². The average molecular weight is 232 g/mol. The number of methoxy groups -OCH3 is 2. The van der Waals surface area contributed by atoms with Crippen molar-refractivity contribution in [2.75, 3.05) is 14.2 Å². The van der Waals surface area contributed by atoms with Gasteiger partial charge in [0.05, 0.1) is 19.8 Å². The number of phenolic OH excluding ortho intramolecular Hbond substituents is 1. The number of carbonyl (C=O) groups is 1. The summed E-state index contributed by atoms with van der Waals surface area (Å²) >= 11 is 0. The van der Waals surface area contributed by atoms with Crippen molar-refractivity contribution in [2.45, 2.75) is 0 Å². The summed E-state index contributed by atoms with van der Waals surface area (Å²) in [6, 6.07) is 6.58. The van der Waals surface area contributed by atoms with Gasteiger partial charge in [-0.2, -0.15) is 0 Å². The molecule has 17 heavy (non-hydrogen) atoms. The first-order valence-corrected chi connectivity index (χ1v) is 5.04. The van der Waals surface area contributed by atoms with Gasteiger partial charge in [0.1, 0.15) is 5.75 Å². The summed E-state index contributed by atoms with van der Waals surface area (Å²) in [6.07, 6.45) is 0.629. The Morgan fingerprint density at radius 1 is 1.06 bits per heavy atom. The lowest BCUT2D eigenvalue weighted by molar-refractivity contribution is 0.112. The summed E-state index contributed by atoms with van der Waals surface area (Å²) in [5.41, 5.74) is 0.253. The molecule has 2 aromatic carbocycles. The lowest BCUT2D eigenvalue weighted by Gasteiger charge is -2.12. The second-order valence-corrected chi connectivity index (χ2v) is 3.51. The van der Waals surface area contributed by atoms with Crippen LogP contribution in [-0.4, -0.2) is 25.6 Å². The van der Waals surface area contributed by atoms with E-state index in [9.17, 15) is 9.90 Å². The lowest BCUT2D eigenvalue weighted by atomic mass is 10.0. The Bertz CT molecular complexity index is 575. The van der Waals surface area contributed by atoms with Crippen LogP contribution < -0.4 is 9.47 Å². The quantitative estimate of drug-likeness (QED) is 0.825. The van der Waals surface area contributed by atoms with E-state index < -0.39 is 0 Å². The molecule has 88 valence electrons. The second-order valence-electron chi connectivity index (χ2n) is 3.51. The Hall–Kier alpha value is -2.23. The minimum atomic E-state index is -0.0419. The number of fused-ring (bicyclic) bond motifs is 1. The van der Waals surface area contributed by atoms with E-state index in [4.69, 9.17) is 9.47 Å². The first-order valence-electron chi connectivity index (χ1n) is 5.04. The van der Waals surface area contributed by atoms with E-state index in [-0.39, 0.29) is 11.3 Å². The van der Waals surface area contributed by atoms with Crippen molar-refractivity contribution in [1.82, 2.24) is 0 Å². The largest absolute Gasteiger partial charge is 0.507 e. The predicted molar refractivity (Wildman–Crippen MR) is 64.1 cm³/mol. The highest BCUT2D eigenvalue weighted by Gasteiger charge is 2.13. The standard InChI is InChI=1S/C13H12O4/c1-16-12-6-4-8-9(13(12)17-2)3-5-11(15)10(8)7-14/h3-7,15H,1-2H3. The summed E-state index contributed by atoms with van der Waals surface area (Å²) in [6.45, 7) is 0. The number of aldehydes is 1. The van der Waals surface area contributed by atoms with Crippen LogP contribution in [-0.2, 0) is 0 Å². The van der Waals surface area contributed by atoms with Gasteiger partial charge in [0, 0.05) is 5.39 Å². The third kappa shape index (κ3) is 1.67. The van der Waals surface area contributed by atoms with Crippen LogP contribution in [0.1, 0.15) is 10.4 Å². The van der Waals surface area contributed by atoms with Crippen molar-refractivity contribution < 1.29 is 19.4 Å². The van der Waals surface area contributed by atoms with Crippen molar-refractivity contribution in [1.29, 1.82) is 0 Å². The molecular weight excluding hydrogens is 220 g/mol. The fourth-order valence-corrected chi connectivity index (χ4v) is 1.87. The van der Waals surface area contributed by atoms with E-state index in [1.54, 1.807) is 25.3 Å². The monoisotopic (exact) mass is 232 g/mol. The average Bonchev–Trinajstić information content (AvgIpc) is 2.37. The second kappa shape index (κ2) is 4.33. The van der Waals surface area contributed by atoms with E-state index >= 15 is 0 Å². The third-order valence-corrected chi connectivity index (χ3v) is 2.68. The zero-order valence-electron chi connectivity index (χ0n) is 9.56. The van der Waals surface area contributed by atoms with Crippen molar-refractivity contribution in [3.63, 3.8) is 0 Å². The van der Waals surface area contributed by atoms with Gasteiger partial charge >= 0.3 is 0 Å². The van der Waals surface area contributed by atoms with Gasteiger partial charge < -0.3 is 14.6 Å². The zero-order valence-corrected chi connectivity index (χ0v) is 9.56. The highest BCUT2D eigenvalue weighted by Crippen LogP contribution is 2.38. The molecule has 0 saturated heterocycles. The Labute approximate surface area is 98.4 Å². The number of aromatic hydroxyl groups is 1. The molecule has 0 heterocycles. The number of ether oxygens (including phenoxy) is 2. The first-order chi connectivity index (χ1) is 8.22. The summed E-state index contributed by atoms with van der Waals surface area (Å²) in [5, 5.41) is 11.0. The maximum Gasteiger partial charge on any atom is 0.168 e. The maximum atomic E-state index is 11.0. The maximum absolute atomic E-state index is 11.0. The predicted octanol–water partition coefficient (Wildman–Crippen LogP) is 2.38. The summed E-state index contributed by atoms with van der Waals surface area (Å²) in [4.78, 5) is 11.0. The van der Waals surface area contributed by atoms with Crippen LogP contribution in [0.25, 0.3) is 10.8 Å². The molecular formula is C13H12O4. The molecule has 2 aromatic rings. The molecule has 0 aliphatic heterocycles. The fourth-order valence-electron chi connectivity index (χ4n) is 1.87. The van der Waals surface area contributed by atoms with Gasteiger partial charge in [-0.1, -0.05) is 0 Å². The molecule has 0 unspecified atom stereocenters. The van der Waals surface area contributed by atoms with Crippen LogP contribution >= 0.6 is 0 Å². The summed E-state index contributed by atoms with van der Waals surface area (Å²) < 4.78 is 10.4. The molecule has 0 aromatic heterocycles. The first kappa shape index (κ1) is 11.3. The minimum Gasteiger partial charge on any atom is -0.507 e. The number of hydrogen-bond acceptors (Lipinski definition) is 4. The highest BCUT2D eigenvalue weighted by molar-refractivity contribution is 6.04. The number of benzene rings is 2. The number of carbonyl (C=O) groups excluding carboxylic acids is 1. The van der Waals surface area contributed by atoms with Crippen LogP contribution in [0.2, 0.25) is 0 Å². The molecule has 0 atom stereocenters. The lowest BCUT2D eigenvalue weighted by Crippen LogP contribution is -1.93. The number of rotatable bonds is 3. The Kier molecular flexibility index (Phi) is 2.87. The van der Waals surface area contributed by atoms with Crippen molar-refractivity contribution in [3.8, 4) is 17.2 Å². The summed E-state index contributed by atoms with van der Waals surface area (Å²) in [5.74, 6) is 1.09. The van der Waals surface area contributed by atoms with Gasteiger partial charge in [-0.3, -0.25) is 4.79 Å². The van der Waals surface area contributed by atoms with Gasteiger partial charge in [-0.25, -0.2) is 0 Å². The number of phenols is 1. The van der Waals surface area contributed by atoms with Crippen LogP contribution in [0.15, 0.2) is 24.3 Å². The smallest absolute Gasteiger partial charge is 0.168 e. The fraction of sp³-hybridized carbons (Fsp3) is 0.154. The minimum absolute atomic E-state index is 0.0419. The molecule has 0 aliphatic carbocycles. The van der Waals surface area contributed by atoms with Gasteiger partial charge in [-0.15, -0.1) is 0 Å². The van der Waals surface area contributed by atoms with Crippen LogP contribution in [0, 0.1) is 0 Å². The van der Waals surface area contributed by atoms with E-state index in [2.05, 4.69) is 0 Å². The molecule has 4 nitrogen and oxygen atoms in total. The van der Waals surface area contributed by atoms with Gasteiger partial charge in [-0.05, 0) is 29.7 Å². The third-order valence-electron chi connectivity index (χ3n) is 2.68. The topological polar surface area (TPSA) is 55.8 Å². The van der Waals surface area contributed by atoms with E-state index in [1.165, 1.54) is 13.2 Å². The van der Waals surface area contributed by atoms with E-state index in [0.29, 0.717) is 23.2 Å². The van der Waals surface area contributed by atoms with Crippen molar-refractivity contribution >= 4 is 17.1 Å². The normalized spacial score (nSPS) is 10.2. The molecule has 0 saturated carbocycles. The van der Waals surface area contributed by atoms with Crippen LogP contribution in [0.5, 0.6) is 17.2 Å². The molecule has 4 heteroatoms. The Balaban J connectivity index is 2.87. The summed E-state index contributed by atoms with van der Waals surface area (Å²) in [7, 11) is 3.08. The number of hydrogen-bond donors (Lipinski definition) is 1. The van der Waals surface area contributed by atoms with E-state index in [0.717, 1.165) is 5.39 Å². The molecule has 0 spiro atoms. The highest BCUT2D eigenvalue weighted by atomic mass is 16.5. The Morgan fingerprint density at radius 2 is 1.76 bits per heavy atom. The SMILES string of the molecule is COc1ccc2c(C=O)c(O)ccc2c1OC. The molecule has 2 rings (SSSR count). The van der Waals surface area contributed by atoms with Crippen LogP contribution in [0.3, 0.4) is 0 Å². The van der Waals surface area contributed by atoms with E-state index in [1.807, 2.05) is 0 Å². The molecule has 0 radical (unpaired) electrons. The molecule has 0 fully saturated rings. The molecule has 0 bridgehead atoms. The van der Waals surface area contributed by atoms with Crippen molar-refractivity contribution in [2.24, 2.45) is 0 Å². The van der Waals surface area contributed by atoms with Gasteiger partial charge in [0.15, 0.2) is 17.8 Å². The van der Waals surface area contributed by atoms with Gasteiger partial charge in [0.2, 0.25) is 0 Å². The molecule has 0 aliphatic rings. The molecule has 0 amide bonds. The van der Waals surface area contributed by atoms with Crippen molar-refractivity contribution in [3.05, 3.63) is 29.8 Å². The Morgan fingerprint density at radius 3 is 2.35 bits per heavy atom.